The Labute approximate surface area is 269 Å². The summed E-state index contributed by atoms with van der Waals surface area (Å²) in [6, 6.07) is 38.0. The van der Waals surface area contributed by atoms with Gasteiger partial charge < -0.3 is 24.9 Å². The molecule has 0 aliphatic heterocycles. The van der Waals surface area contributed by atoms with Crippen LogP contribution in [0.5, 0.6) is 11.5 Å². The number of hydrogen-bond acceptors (Lipinski definition) is 6. The first kappa shape index (κ1) is 31.3. The van der Waals surface area contributed by atoms with Crippen molar-refractivity contribution in [1.82, 2.24) is 14.6 Å². The van der Waals surface area contributed by atoms with Crippen LogP contribution in [0.25, 0.3) is 21.8 Å². The summed E-state index contributed by atoms with van der Waals surface area (Å²) in [7, 11) is -2.41. The van der Waals surface area contributed by atoms with Crippen molar-refractivity contribution >= 4 is 31.8 Å². The molecule has 1 unspecified atom stereocenters. The van der Waals surface area contributed by atoms with E-state index in [9.17, 15) is 13.5 Å². The smallest absolute Gasteiger partial charge is 0.246 e. The molecular weight excluding hydrogens is 598 g/mol. The summed E-state index contributed by atoms with van der Waals surface area (Å²) in [6.07, 6.45) is -0.945. The van der Waals surface area contributed by atoms with Gasteiger partial charge in [-0.05, 0) is 47.0 Å². The predicted molar refractivity (Wildman–Crippen MR) is 181 cm³/mol. The molecule has 236 valence electrons. The highest BCUT2D eigenvalue weighted by molar-refractivity contribution is 7.89. The number of aromatic amines is 1. The monoisotopic (exact) mass is 635 g/mol. The Balaban J connectivity index is 1.10. The molecule has 1 heterocycles. The van der Waals surface area contributed by atoms with E-state index in [0.29, 0.717) is 18.7 Å². The van der Waals surface area contributed by atoms with Gasteiger partial charge in [-0.2, -0.15) is 4.31 Å². The van der Waals surface area contributed by atoms with Crippen molar-refractivity contribution < 1.29 is 23.0 Å². The van der Waals surface area contributed by atoms with E-state index in [1.807, 2.05) is 84.9 Å². The van der Waals surface area contributed by atoms with Crippen LogP contribution in [0.15, 0.2) is 126 Å². The molecule has 0 bridgehead atoms. The number of fused-ring (bicyclic) bond motifs is 3. The lowest BCUT2D eigenvalue weighted by Gasteiger charge is -2.21. The van der Waals surface area contributed by atoms with E-state index in [4.69, 9.17) is 9.47 Å². The maximum absolute atomic E-state index is 13.8. The molecule has 8 nitrogen and oxygen atoms in total. The zero-order chi connectivity index (χ0) is 31.9. The molecule has 0 aliphatic carbocycles. The van der Waals surface area contributed by atoms with E-state index in [0.717, 1.165) is 33.3 Å². The Morgan fingerprint density at radius 2 is 1.48 bits per heavy atom. The second-order valence-electron chi connectivity index (χ2n) is 11.2. The Morgan fingerprint density at radius 1 is 0.783 bits per heavy atom. The lowest BCUT2D eigenvalue weighted by Crippen LogP contribution is -2.28. The van der Waals surface area contributed by atoms with Crippen LogP contribution in [0, 0.1) is 0 Å². The highest BCUT2D eigenvalue weighted by atomic mass is 32.2. The summed E-state index contributed by atoms with van der Waals surface area (Å²) >= 11 is 0. The number of hydrogen-bond donors (Lipinski definition) is 3. The van der Waals surface area contributed by atoms with Crippen LogP contribution in [0.2, 0.25) is 0 Å². The van der Waals surface area contributed by atoms with Crippen molar-refractivity contribution in [2.75, 3.05) is 26.7 Å². The number of aliphatic hydroxyl groups is 1. The number of aromatic nitrogens is 1. The first-order chi connectivity index (χ1) is 22.4. The number of para-hydroxylation sites is 1. The number of ether oxygens (including phenoxy) is 2. The zero-order valence-corrected chi connectivity index (χ0v) is 26.4. The lowest BCUT2D eigenvalue weighted by atomic mass is 10.1. The summed E-state index contributed by atoms with van der Waals surface area (Å²) in [5.74, 6) is 0.981. The third-order valence-corrected chi connectivity index (χ3v) is 9.71. The predicted octanol–water partition coefficient (Wildman–Crippen LogP) is 6.42. The van der Waals surface area contributed by atoms with Crippen molar-refractivity contribution in [2.45, 2.75) is 24.2 Å². The van der Waals surface area contributed by atoms with Crippen LogP contribution >= 0.6 is 0 Å². The Morgan fingerprint density at radius 3 is 2.26 bits per heavy atom. The van der Waals surface area contributed by atoms with Gasteiger partial charge in [-0.1, -0.05) is 84.9 Å². The third kappa shape index (κ3) is 7.24. The van der Waals surface area contributed by atoms with Gasteiger partial charge in [0.25, 0.3) is 0 Å². The van der Waals surface area contributed by atoms with E-state index < -0.39 is 16.1 Å². The number of H-pyrrole nitrogens is 1. The van der Waals surface area contributed by atoms with Gasteiger partial charge in [0.2, 0.25) is 10.0 Å². The minimum absolute atomic E-state index is 0.00844. The van der Waals surface area contributed by atoms with Gasteiger partial charge in [0, 0.05) is 49.0 Å². The Kier molecular flexibility index (Phi) is 9.65. The fourth-order valence-corrected chi connectivity index (χ4v) is 6.72. The molecule has 3 N–H and O–H groups in total. The average Bonchev–Trinajstić information content (AvgIpc) is 3.46. The topological polar surface area (TPSA) is 104 Å². The summed E-state index contributed by atoms with van der Waals surface area (Å²) in [6.45, 7) is 1.51. The number of benzene rings is 5. The molecule has 0 amide bonds. The van der Waals surface area contributed by atoms with Crippen molar-refractivity contribution in [3.63, 3.8) is 0 Å². The molecule has 9 heteroatoms. The van der Waals surface area contributed by atoms with E-state index >= 15 is 0 Å². The van der Waals surface area contributed by atoms with Crippen LogP contribution in [0.4, 0.5) is 0 Å². The van der Waals surface area contributed by atoms with Crippen molar-refractivity contribution in [1.29, 1.82) is 0 Å². The average molecular weight is 636 g/mol. The molecule has 0 aliphatic rings. The van der Waals surface area contributed by atoms with E-state index in [1.165, 1.54) is 15.8 Å². The van der Waals surface area contributed by atoms with Crippen LogP contribution < -0.4 is 14.8 Å². The van der Waals surface area contributed by atoms with Gasteiger partial charge in [0.1, 0.15) is 29.6 Å². The maximum atomic E-state index is 13.8. The van der Waals surface area contributed by atoms with Gasteiger partial charge in [0.05, 0.1) is 11.6 Å². The molecule has 5 aromatic carbocycles. The molecular formula is C37H37N3O5S. The Hall–Kier alpha value is -4.67. The first-order valence-corrected chi connectivity index (χ1v) is 16.7. The maximum Gasteiger partial charge on any atom is 0.246 e. The quantitative estimate of drug-likeness (QED) is 0.119. The zero-order valence-electron chi connectivity index (χ0n) is 25.6. The van der Waals surface area contributed by atoms with Gasteiger partial charge in [-0.15, -0.1) is 0 Å². The minimum atomic E-state index is -3.96. The van der Waals surface area contributed by atoms with Crippen molar-refractivity contribution in [2.24, 2.45) is 0 Å². The second-order valence-corrected chi connectivity index (χ2v) is 13.2. The van der Waals surface area contributed by atoms with E-state index in [-0.39, 0.29) is 30.3 Å². The molecule has 0 fully saturated rings. The summed E-state index contributed by atoms with van der Waals surface area (Å²) < 4.78 is 40.9. The van der Waals surface area contributed by atoms with Gasteiger partial charge in [-0.3, -0.25) is 0 Å². The summed E-state index contributed by atoms with van der Waals surface area (Å²) in [4.78, 5) is 3.43. The molecule has 1 aromatic heterocycles. The van der Waals surface area contributed by atoms with Crippen molar-refractivity contribution in [3.05, 3.63) is 138 Å². The highest BCUT2D eigenvalue weighted by Gasteiger charge is 2.27. The minimum Gasteiger partial charge on any atom is -0.492 e. The largest absolute Gasteiger partial charge is 0.492 e. The van der Waals surface area contributed by atoms with E-state index in [1.54, 1.807) is 19.2 Å². The fraction of sp³-hybridized carbons (Fsp3) is 0.189. The second kappa shape index (κ2) is 14.2. The number of aliphatic hydroxyl groups excluding tert-OH is 1. The first-order valence-electron chi connectivity index (χ1n) is 15.2. The van der Waals surface area contributed by atoms with Crippen LogP contribution in [-0.2, 0) is 23.2 Å². The molecule has 6 rings (SSSR count). The Bertz CT molecular complexity index is 2010. The molecule has 0 saturated heterocycles. The summed E-state index contributed by atoms with van der Waals surface area (Å²) in [5.41, 5.74) is 4.35. The van der Waals surface area contributed by atoms with Gasteiger partial charge in [0.15, 0.2) is 0 Å². The third-order valence-electron chi connectivity index (χ3n) is 7.89. The fourth-order valence-electron chi connectivity index (χ4n) is 5.40. The normalized spacial score (nSPS) is 12.5. The molecule has 0 spiro atoms. The number of nitrogens with one attached hydrogen (secondary N) is 2. The lowest BCUT2D eigenvalue weighted by molar-refractivity contribution is 0.171. The number of sulfonamides is 1. The molecule has 0 radical (unpaired) electrons. The number of rotatable bonds is 14. The van der Waals surface area contributed by atoms with Crippen LogP contribution in [-0.4, -0.2) is 49.6 Å². The highest BCUT2D eigenvalue weighted by Crippen LogP contribution is 2.31. The molecule has 0 saturated carbocycles. The molecule has 1 atom stereocenters. The van der Waals surface area contributed by atoms with Crippen LogP contribution in [0.3, 0.4) is 0 Å². The SMILES string of the molecule is CN(Cc1ccccc1)S(=O)(=O)c1cc(C(O)CNCCOc2ccc3c(c2)[nH]c2ccccc23)ccc1OCc1ccccc1. The molecule has 46 heavy (non-hydrogen) atoms. The molecule has 6 aromatic rings. The van der Waals surface area contributed by atoms with E-state index in [2.05, 4.69) is 28.5 Å². The van der Waals surface area contributed by atoms with Crippen LogP contribution in [0.1, 0.15) is 22.8 Å². The van der Waals surface area contributed by atoms with Gasteiger partial charge in [-0.25, -0.2) is 8.42 Å². The van der Waals surface area contributed by atoms with Crippen molar-refractivity contribution in [3.8, 4) is 11.5 Å². The summed E-state index contributed by atoms with van der Waals surface area (Å²) in [5, 5.41) is 16.6. The van der Waals surface area contributed by atoms with Gasteiger partial charge >= 0.3 is 0 Å². The standard InChI is InChI=1S/C37H37N3O5S/c1-40(25-27-10-4-2-5-11-27)46(42,43)37-22-29(16-19-36(37)45-26-28-12-6-3-7-13-28)35(41)24-38-20-21-44-30-17-18-32-31-14-8-9-15-33(31)39-34(32)23-30/h2-19,22-23,35,38-39,41H,20-21,24-26H2,1H3. The number of nitrogens with zero attached hydrogens (tertiary/aromatic N) is 1.